The molecule has 1 heterocycles. The van der Waals surface area contributed by atoms with Gasteiger partial charge in [0, 0.05) is 38.8 Å². The summed E-state index contributed by atoms with van der Waals surface area (Å²) in [5.41, 5.74) is 0. The fourth-order valence-electron chi connectivity index (χ4n) is 3.16. The Labute approximate surface area is 111 Å². The molecule has 106 valence electrons. The van der Waals surface area contributed by atoms with Crippen molar-refractivity contribution >= 4 is 0 Å². The minimum absolute atomic E-state index is 0.134. The zero-order chi connectivity index (χ0) is 12.6. The lowest BCUT2D eigenvalue weighted by molar-refractivity contribution is 0.0430. The van der Waals surface area contributed by atoms with Gasteiger partial charge in [-0.3, -0.25) is 9.80 Å². The quantitative estimate of drug-likeness (QED) is 0.718. The number of hydrogen-bond donors (Lipinski definition) is 1. The van der Waals surface area contributed by atoms with E-state index in [2.05, 4.69) is 9.80 Å². The van der Waals surface area contributed by atoms with Crippen LogP contribution in [0, 0.1) is 0 Å². The lowest BCUT2D eigenvalue weighted by Crippen LogP contribution is -2.51. The topological polar surface area (TPSA) is 35.9 Å². The molecule has 2 fully saturated rings. The maximum Gasteiger partial charge on any atom is 0.0698 e. The predicted octanol–water partition coefficient (Wildman–Crippen LogP) is 0.946. The van der Waals surface area contributed by atoms with Crippen LogP contribution in [0.3, 0.4) is 0 Å². The number of aliphatic hydroxyl groups excluding tert-OH is 1. The molecule has 2 rings (SSSR count). The second kappa shape index (κ2) is 8.10. The Balaban J connectivity index is 1.58. The van der Waals surface area contributed by atoms with Crippen LogP contribution in [0.4, 0.5) is 0 Å². The predicted molar refractivity (Wildman–Crippen MR) is 72.8 cm³/mol. The molecule has 1 aliphatic heterocycles. The first kappa shape index (κ1) is 14.3. The van der Waals surface area contributed by atoms with Crippen LogP contribution >= 0.6 is 0 Å². The molecule has 0 aromatic heterocycles. The van der Waals surface area contributed by atoms with Gasteiger partial charge in [0.2, 0.25) is 0 Å². The Morgan fingerprint density at radius 2 is 1.67 bits per heavy atom. The molecule has 0 unspecified atom stereocenters. The first-order valence-electron chi connectivity index (χ1n) is 7.55. The maximum atomic E-state index is 8.64. The summed E-state index contributed by atoms with van der Waals surface area (Å²) in [5.74, 6) is 0. The van der Waals surface area contributed by atoms with Gasteiger partial charge in [0.05, 0.1) is 19.8 Å². The van der Waals surface area contributed by atoms with Crippen molar-refractivity contribution in [2.45, 2.75) is 38.1 Å². The van der Waals surface area contributed by atoms with Gasteiger partial charge in [-0.1, -0.05) is 19.3 Å². The number of hydrogen-bond acceptors (Lipinski definition) is 4. The molecule has 0 spiro atoms. The van der Waals surface area contributed by atoms with Crippen LogP contribution in [0.25, 0.3) is 0 Å². The molecule has 4 heteroatoms. The third kappa shape index (κ3) is 4.50. The molecule has 0 aromatic rings. The minimum Gasteiger partial charge on any atom is -0.394 e. The molecule has 1 saturated carbocycles. The molecular formula is C14H28N2O2. The summed E-state index contributed by atoms with van der Waals surface area (Å²) < 4.78 is 5.32. The Bertz CT molecular complexity index is 212. The number of aliphatic hydroxyl groups is 1. The van der Waals surface area contributed by atoms with Gasteiger partial charge in [-0.25, -0.2) is 0 Å². The SMILES string of the molecule is OCCOCCN1CCN(C2CCCCC2)CC1. The van der Waals surface area contributed by atoms with E-state index in [0.717, 1.165) is 19.2 Å². The zero-order valence-corrected chi connectivity index (χ0v) is 11.5. The van der Waals surface area contributed by atoms with E-state index in [9.17, 15) is 0 Å². The lowest BCUT2D eigenvalue weighted by Gasteiger charge is -2.40. The monoisotopic (exact) mass is 256 g/mol. The summed E-state index contributed by atoms with van der Waals surface area (Å²) in [6.07, 6.45) is 7.14. The summed E-state index contributed by atoms with van der Waals surface area (Å²) in [5, 5.41) is 8.64. The highest BCUT2D eigenvalue weighted by Crippen LogP contribution is 2.23. The van der Waals surface area contributed by atoms with E-state index >= 15 is 0 Å². The Hall–Kier alpha value is -0.160. The third-order valence-corrected chi connectivity index (χ3v) is 4.29. The molecule has 0 amide bonds. The van der Waals surface area contributed by atoms with Crippen LogP contribution < -0.4 is 0 Å². The largest absolute Gasteiger partial charge is 0.394 e. The van der Waals surface area contributed by atoms with Crippen molar-refractivity contribution in [2.24, 2.45) is 0 Å². The van der Waals surface area contributed by atoms with Gasteiger partial charge in [0.1, 0.15) is 0 Å². The van der Waals surface area contributed by atoms with Crippen molar-refractivity contribution in [3.8, 4) is 0 Å². The van der Waals surface area contributed by atoms with Crippen LogP contribution in [0.5, 0.6) is 0 Å². The van der Waals surface area contributed by atoms with E-state index in [-0.39, 0.29) is 6.61 Å². The van der Waals surface area contributed by atoms with Gasteiger partial charge in [-0.2, -0.15) is 0 Å². The summed E-state index contributed by atoms with van der Waals surface area (Å²) in [6.45, 7) is 7.19. The van der Waals surface area contributed by atoms with Crippen molar-refractivity contribution in [1.82, 2.24) is 9.80 Å². The number of nitrogens with zero attached hydrogens (tertiary/aromatic N) is 2. The smallest absolute Gasteiger partial charge is 0.0698 e. The average molecular weight is 256 g/mol. The van der Waals surface area contributed by atoms with E-state index in [4.69, 9.17) is 9.84 Å². The van der Waals surface area contributed by atoms with E-state index in [1.54, 1.807) is 0 Å². The first-order valence-corrected chi connectivity index (χ1v) is 7.55. The maximum absolute atomic E-state index is 8.64. The van der Waals surface area contributed by atoms with Gasteiger partial charge in [0.25, 0.3) is 0 Å². The van der Waals surface area contributed by atoms with E-state index < -0.39 is 0 Å². The fourth-order valence-corrected chi connectivity index (χ4v) is 3.16. The van der Waals surface area contributed by atoms with Crippen molar-refractivity contribution < 1.29 is 9.84 Å². The second-order valence-corrected chi connectivity index (χ2v) is 5.51. The van der Waals surface area contributed by atoms with Crippen LogP contribution in [0.15, 0.2) is 0 Å². The molecule has 1 N–H and O–H groups in total. The van der Waals surface area contributed by atoms with Crippen LogP contribution in [-0.2, 0) is 4.74 Å². The molecule has 0 aromatic carbocycles. The molecule has 4 nitrogen and oxygen atoms in total. The molecular weight excluding hydrogens is 228 g/mol. The van der Waals surface area contributed by atoms with E-state index in [1.807, 2.05) is 0 Å². The Morgan fingerprint density at radius 3 is 2.33 bits per heavy atom. The van der Waals surface area contributed by atoms with Crippen molar-refractivity contribution in [3.63, 3.8) is 0 Å². The Kier molecular flexibility index (Phi) is 6.41. The van der Waals surface area contributed by atoms with Gasteiger partial charge in [-0.15, -0.1) is 0 Å². The summed E-state index contributed by atoms with van der Waals surface area (Å²) >= 11 is 0. The molecule has 18 heavy (non-hydrogen) atoms. The highest BCUT2D eigenvalue weighted by atomic mass is 16.5. The number of ether oxygens (including phenoxy) is 1. The lowest BCUT2D eigenvalue weighted by atomic mass is 9.94. The van der Waals surface area contributed by atoms with Crippen molar-refractivity contribution in [1.29, 1.82) is 0 Å². The summed E-state index contributed by atoms with van der Waals surface area (Å²) in [7, 11) is 0. The summed E-state index contributed by atoms with van der Waals surface area (Å²) in [4.78, 5) is 5.18. The van der Waals surface area contributed by atoms with Crippen molar-refractivity contribution in [3.05, 3.63) is 0 Å². The zero-order valence-electron chi connectivity index (χ0n) is 11.5. The van der Waals surface area contributed by atoms with Crippen LogP contribution in [0.2, 0.25) is 0 Å². The Morgan fingerprint density at radius 1 is 0.944 bits per heavy atom. The van der Waals surface area contributed by atoms with E-state index in [1.165, 1.54) is 58.3 Å². The van der Waals surface area contributed by atoms with E-state index in [0.29, 0.717) is 6.61 Å². The number of piperazine rings is 1. The van der Waals surface area contributed by atoms with Gasteiger partial charge in [-0.05, 0) is 12.8 Å². The molecule has 1 saturated heterocycles. The number of rotatable bonds is 6. The minimum atomic E-state index is 0.134. The highest BCUT2D eigenvalue weighted by Gasteiger charge is 2.24. The van der Waals surface area contributed by atoms with Crippen molar-refractivity contribution in [2.75, 3.05) is 52.5 Å². The first-order chi connectivity index (χ1) is 8.90. The van der Waals surface area contributed by atoms with Gasteiger partial charge >= 0.3 is 0 Å². The van der Waals surface area contributed by atoms with Gasteiger partial charge in [0.15, 0.2) is 0 Å². The molecule has 0 radical (unpaired) electrons. The molecule has 0 bridgehead atoms. The average Bonchev–Trinajstić information content (AvgIpc) is 2.45. The summed E-state index contributed by atoms with van der Waals surface area (Å²) in [6, 6.07) is 0.867. The highest BCUT2D eigenvalue weighted by molar-refractivity contribution is 4.80. The molecule has 0 atom stereocenters. The molecule has 1 aliphatic carbocycles. The van der Waals surface area contributed by atoms with Crippen LogP contribution in [-0.4, -0.2) is 73.5 Å². The molecule has 2 aliphatic rings. The van der Waals surface area contributed by atoms with Crippen LogP contribution in [0.1, 0.15) is 32.1 Å². The normalized spacial score (nSPS) is 24.5. The van der Waals surface area contributed by atoms with Gasteiger partial charge < -0.3 is 9.84 Å². The fraction of sp³-hybridized carbons (Fsp3) is 1.00. The standard InChI is InChI=1S/C14H28N2O2/c17-11-13-18-12-10-15-6-8-16(9-7-15)14-4-2-1-3-5-14/h14,17H,1-13H2. The third-order valence-electron chi connectivity index (χ3n) is 4.29. The second-order valence-electron chi connectivity index (χ2n) is 5.51.